The molecule has 1 aliphatic rings. The van der Waals surface area contributed by atoms with Gasteiger partial charge >= 0.3 is 12.0 Å². The van der Waals surface area contributed by atoms with Crippen molar-refractivity contribution in [3.8, 4) is 0 Å². The topological polar surface area (TPSA) is 98.5 Å². The Balaban J connectivity index is 2.22. The summed E-state index contributed by atoms with van der Waals surface area (Å²) in [5, 5.41) is 1.85. The van der Waals surface area contributed by atoms with Crippen LogP contribution >= 0.6 is 0 Å². The van der Waals surface area contributed by atoms with Gasteiger partial charge in [-0.3, -0.25) is 14.9 Å². The van der Waals surface area contributed by atoms with E-state index in [1.165, 1.54) is 19.3 Å². The summed E-state index contributed by atoms with van der Waals surface area (Å²) >= 11 is 0. The monoisotopic (exact) mass is 284 g/mol. The number of carbonyl (C=O) groups is 3. The van der Waals surface area contributed by atoms with E-state index in [2.05, 4.69) is 6.92 Å². The average molecular weight is 284 g/mol. The van der Waals surface area contributed by atoms with E-state index in [9.17, 15) is 14.4 Å². The number of rotatable bonds is 6. The molecule has 3 N–H and O–H groups in total. The fraction of sp³-hybridized carbons (Fsp3) is 0.786. The first-order chi connectivity index (χ1) is 9.52. The van der Waals surface area contributed by atoms with Crippen LogP contribution < -0.4 is 11.1 Å². The molecule has 1 saturated carbocycles. The number of hydrogen-bond acceptors (Lipinski definition) is 4. The van der Waals surface area contributed by atoms with Crippen LogP contribution in [0.3, 0.4) is 0 Å². The first-order valence-corrected chi connectivity index (χ1v) is 7.28. The molecule has 0 aromatic heterocycles. The highest BCUT2D eigenvalue weighted by Crippen LogP contribution is 2.32. The molecule has 1 fully saturated rings. The maximum Gasteiger partial charge on any atom is 0.318 e. The molecule has 20 heavy (non-hydrogen) atoms. The summed E-state index contributed by atoms with van der Waals surface area (Å²) in [6.45, 7) is 1.73. The smallest absolute Gasteiger partial charge is 0.318 e. The molecule has 114 valence electrons. The van der Waals surface area contributed by atoms with Crippen LogP contribution in [0.5, 0.6) is 0 Å². The summed E-state index contributed by atoms with van der Waals surface area (Å²) in [7, 11) is 0. The molecule has 1 aliphatic carbocycles. The summed E-state index contributed by atoms with van der Waals surface area (Å²) in [5.41, 5.74) is 4.79. The van der Waals surface area contributed by atoms with E-state index in [1.807, 2.05) is 5.32 Å². The normalized spacial score (nSPS) is 22.1. The van der Waals surface area contributed by atoms with E-state index in [1.54, 1.807) is 0 Å². The van der Waals surface area contributed by atoms with E-state index < -0.39 is 18.5 Å². The Morgan fingerprint density at radius 3 is 2.40 bits per heavy atom. The van der Waals surface area contributed by atoms with Crippen LogP contribution in [0.1, 0.15) is 51.9 Å². The Labute approximate surface area is 119 Å². The van der Waals surface area contributed by atoms with Crippen LogP contribution in [0.4, 0.5) is 4.79 Å². The lowest BCUT2D eigenvalue weighted by Gasteiger charge is -2.27. The molecule has 0 bridgehead atoms. The number of ether oxygens (including phenoxy) is 1. The number of carbonyl (C=O) groups excluding carboxylic acids is 3. The number of primary amides is 1. The van der Waals surface area contributed by atoms with E-state index in [0.717, 1.165) is 31.6 Å². The molecule has 6 heteroatoms. The van der Waals surface area contributed by atoms with Crippen LogP contribution in [-0.2, 0) is 14.3 Å². The van der Waals surface area contributed by atoms with Gasteiger partial charge in [0.1, 0.15) is 0 Å². The molecule has 0 heterocycles. The van der Waals surface area contributed by atoms with Crippen molar-refractivity contribution in [3.05, 3.63) is 0 Å². The predicted octanol–water partition coefficient (Wildman–Crippen LogP) is 1.72. The Kier molecular flexibility index (Phi) is 7.04. The number of nitrogens with one attached hydrogen (secondary N) is 1. The second kappa shape index (κ2) is 8.55. The lowest BCUT2D eigenvalue weighted by Crippen LogP contribution is -2.38. The van der Waals surface area contributed by atoms with Gasteiger partial charge in [-0.15, -0.1) is 0 Å². The highest BCUT2D eigenvalue weighted by Gasteiger charge is 2.27. The number of hydrogen-bond donors (Lipinski definition) is 2. The third-order valence-corrected chi connectivity index (χ3v) is 3.75. The number of urea groups is 1. The Morgan fingerprint density at radius 1 is 1.20 bits per heavy atom. The number of esters is 1. The lowest BCUT2D eigenvalue weighted by atomic mass is 9.80. The molecule has 0 unspecified atom stereocenters. The van der Waals surface area contributed by atoms with Gasteiger partial charge in [0.2, 0.25) is 0 Å². The van der Waals surface area contributed by atoms with Crippen molar-refractivity contribution in [2.45, 2.75) is 51.9 Å². The van der Waals surface area contributed by atoms with Crippen LogP contribution in [0.25, 0.3) is 0 Å². The van der Waals surface area contributed by atoms with Crippen molar-refractivity contribution in [2.24, 2.45) is 17.6 Å². The zero-order valence-electron chi connectivity index (χ0n) is 12.0. The molecular weight excluding hydrogens is 260 g/mol. The number of amides is 3. The fourth-order valence-corrected chi connectivity index (χ4v) is 2.61. The van der Waals surface area contributed by atoms with E-state index >= 15 is 0 Å². The molecule has 0 aromatic carbocycles. The van der Waals surface area contributed by atoms with Crippen LogP contribution in [0, 0.1) is 11.8 Å². The fourth-order valence-electron chi connectivity index (χ4n) is 2.61. The van der Waals surface area contributed by atoms with Crippen molar-refractivity contribution < 1.29 is 19.1 Å². The maximum atomic E-state index is 11.8. The predicted molar refractivity (Wildman–Crippen MR) is 73.7 cm³/mol. The molecule has 0 atom stereocenters. The van der Waals surface area contributed by atoms with Gasteiger partial charge < -0.3 is 10.5 Å². The van der Waals surface area contributed by atoms with Gasteiger partial charge in [-0.1, -0.05) is 26.2 Å². The third-order valence-electron chi connectivity index (χ3n) is 3.75. The van der Waals surface area contributed by atoms with E-state index in [0.29, 0.717) is 0 Å². The van der Waals surface area contributed by atoms with Crippen LogP contribution in [0.2, 0.25) is 0 Å². The molecule has 0 saturated heterocycles. The lowest BCUT2D eigenvalue weighted by molar-refractivity contribution is -0.153. The number of imide groups is 1. The highest BCUT2D eigenvalue weighted by molar-refractivity contribution is 5.94. The summed E-state index contributed by atoms with van der Waals surface area (Å²) in [5.74, 6) is -0.438. The van der Waals surface area contributed by atoms with Gasteiger partial charge in [-0.05, 0) is 31.6 Å². The summed E-state index contributed by atoms with van der Waals surface area (Å²) in [4.78, 5) is 33.3. The van der Waals surface area contributed by atoms with Crippen molar-refractivity contribution in [3.63, 3.8) is 0 Å². The zero-order chi connectivity index (χ0) is 15.0. The third kappa shape index (κ3) is 6.04. The molecule has 0 spiro atoms. The van der Waals surface area contributed by atoms with E-state index in [4.69, 9.17) is 10.5 Å². The second-order valence-corrected chi connectivity index (χ2v) is 5.38. The quantitative estimate of drug-likeness (QED) is 0.725. The number of nitrogens with two attached hydrogens (primary N) is 1. The van der Waals surface area contributed by atoms with Gasteiger partial charge in [-0.2, -0.15) is 0 Å². The Morgan fingerprint density at radius 2 is 1.85 bits per heavy atom. The van der Waals surface area contributed by atoms with Crippen molar-refractivity contribution >= 4 is 17.9 Å². The minimum absolute atomic E-state index is 0.116. The minimum Gasteiger partial charge on any atom is -0.455 e. The minimum atomic E-state index is -0.942. The Hall–Kier alpha value is -1.59. The SMILES string of the molecule is CCCCC1CCC(C(=O)OCC(=O)NC(N)=O)CC1. The van der Waals surface area contributed by atoms with Gasteiger partial charge in [-0.25, -0.2) is 4.79 Å². The molecule has 3 amide bonds. The summed E-state index contributed by atoms with van der Waals surface area (Å²) in [6.07, 6.45) is 7.43. The van der Waals surface area contributed by atoms with Gasteiger partial charge in [0.05, 0.1) is 5.92 Å². The first-order valence-electron chi connectivity index (χ1n) is 7.28. The van der Waals surface area contributed by atoms with E-state index in [-0.39, 0.29) is 11.9 Å². The second-order valence-electron chi connectivity index (χ2n) is 5.38. The highest BCUT2D eigenvalue weighted by atomic mass is 16.5. The summed E-state index contributed by atoms with van der Waals surface area (Å²) in [6, 6.07) is -0.942. The standard InChI is InChI=1S/C14H24N2O4/c1-2-3-4-10-5-7-11(8-6-10)13(18)20-9-12(17)16-14(15)19/h10-11H,2-9H2,1H3,(H3,15,16,17,19). The van der Waals surface area contributed by atoms with Gasteiger partial charge in [0, 0.05) is 0 Å². The van der Waals surface area contributed by atoms with Crippen LogP contribution in [0.15, 0.2) is 0 Å². The molecule has 6 nitrogen and oxygen atoms in total. The molecule has 0 aromatic rings. The maximum absolute atomic E-state index is 11.8. The Bertz CT molecular complexity index is 349. The van der Waals surface area contributed by atoms with Crippen molar-refractivity contribution in [1.82, 2.24) is 5.32 Å². The molecule has 0 aliphatic heterocycles. The largest absolute Gasteiger partial charge is 0.455 e. The molecule has 1 rings (SSSR count). The first kappa shape index (κ1) is 16.5. The van der Waals surface area contributed by atoms with Crippen molar-refractivity contribution in [2.75, 3.05) is 6.61 Å². The zero-order valence-corrected chi connectivity index (χ0v) is 12.0. The molecular formula is C14H24N2O4. The number of unbranched alkanes of at least 4 members (excludes halogenated alkanes) is 1. The molecule has 0 radical (unpaired) electrons. The summed E-state index contributed by atoms with van der Waals surface area (Å²) < 4.78 is 4.90. The van der Waals surface area contributed by atoms with Crippen LogP contribution in [-0.4, -0.2) is 24.5 Å². The van der Waals surface area contributed by atoms with Gasteiger partial charge in [0.25, 0.3) is 5.91 Å². The average Bonchev–Trinajstić information content (AvgIpc) is 2.42. The van der Waals surface area contributed by atoms with Gasteiger partial charge in [0.15, 0.2) is 6.61 Å². The van der Waals surface area contributed by atoms with Crippen molar-refractivity contribution in [1.29, 1.82) is 0 Å².